The van der Waals surface area contributed by atoms with E-state index < -0.39 is 6.04 Å². The van der Waals surface area contributed by atoms with E-state index >= 15 is 0 Å². The maximum atomic E-state index is 11.6. The quantitative estimate of drug-likeness (QED) is 0.764. The maximum absolute atomic E-state index is 11.6. The van der Waals surface area contributed by atoms with E-state index in [0.29, 0.717) is 5.92 Å². The number of halogens is 1. The van der Waals surface area contributed by atoms with Crippen LogP contribution in [0.5, 0.6) is 0 Å². The Balaban J connectivity index is 2.48. The van der Waals surface area contributed by atoms with E-state index in [1.807, 2.05) is 18.2 Å². The first-order valence-electron chi connectivity index (χ1n) is 5.24. The number of hydrogen-bond acceptors (Lipinski definition) is 3. The molecule has 1 aromatic rings. The Bertz CT molecular complexity index is 419. The number of hydrogen-bond donors (Lipinski definition) is 1. The maximum Gasteiger partial charge on any atom is 0.327 e. The SMILES string of the molecule is COC(=O)C1NCC(C)c2c(Cl)cccc21. The monoisotopic (exact) mass is 239 g/mol. The van der Waals surface area contributed by atoms with Crippen LogP contribution in [0.1, 0.15) is 30.0 Å². The molecule has 0 radical (unpaired) electrons. The lowest BCUT2D eigenvalue weighted by Crippen LogP contribution is -2.37. The number of fused-ring (bicyclic) bond motifs is 1. The lowest BCUT2D eigenvalue weighted by molar-refractivity contribution is -0.143. The molecule has 1 aromatic carbocycles. The van der Waals surface area contributed by atoms with Gasteiger partial charge >= 0.3 is 5.97 Å². The summed E-state index contributed by atoms with van der Waals surface area (Å²) in [6, 6.07) is 5.24. The van der Waals surface area contributed by atoms with Gasteiger partial charge in [0, 0.05) is 11.6 Å². The fourth-order valence-corrected chi connectivity index (χ4v) is 2.53. The number of esters is 1. The van der Waals surface area contributed by atoms with Gasteiger partial charge in [0.15, 0.2) is 0 Å². The van der Waals surface area contributed by atoms with Crippen molar-refractivity contribution in [1.29, 1.82) is 0 Å². The van der Waals surface area contributed by atoms with Gasteiger partial charge in [-0.1, -0.05) is 30.7 Å². The highest BCUT2D eigenvalue weighted by molar-refractivity contribution is 6.31. The largest absolute Gasteiger partial charge is 0.468 e. The van der Waals surface area contributed by atoms with Crippen LogP contribution in [0.3, 0.4) is 0 Å². The molecule has 0 amide bonds. The van der Waals surface area contributed by atoms with E-state index in [1.165, 1.54) is 7.11 Å². The summed E-state index contributed by atoms with van der Waals surface area (Å²) in [6.45, 7) is 2.82. The highest BCUT2D eigenvalue weighted by atomic mass is 35.5. The Morgan fingerprint density at radius 1 is 1.56 bits per heavy atom. The van der Waals surface area contributed by atoms with Crippen LogP contribution in [0, 0.1) is 0 Å². The number of methoxy groups -OCH3 is 1. The van der Waals surface area contributed by atoms with E-state index in [0.717, 1.165) is 22.7 Å². The molecular formula is C12H14ClNO2. The molecule has 0 spiro atoms. The number of benzene rings is 1. The Hall–Kier alpha value is -1.06. The minimum atomic E-state index is -0.394. The Kier molecular flexibility index (Phi) is 3.17. The van der Waals surface area contributed by atoms with Crippen LogP contribution in [-0.4, -0.2) is 19.6 Å². The summed E-state index contributed by atoms with van der Waals surface area (Å²) in [6.07, 6.45) is 0. The van der Waals surface area contributed by atoms with Crippen molar-refractivity contribution >= 4 is 17.6 Å². The van der Waals surface area contributed by atoms with Crippen molar-refractivity contribution < 1.29 is 9.53 Å². The summed E-state index contributed by atoms with van der Waals surface area (Å²) in [5.41, 5.74) is 1.98. The Morgan fingerprint density at radius 3 is 3.00 bits per heavy atom. The van der Waals surface area contributed by atoms with Crippen molar-refractivity contribution in [3.05, 3.63) is 34.3 Å². The molecule has 2 atom stereocenters. The lowest BCUT2D eigenvalue weighted by Gasteiger charge is -2.30. The molecule has 0 fully saturated rings. The van der Waals surface area contributed by atoms with Crippen LogP contribution in [0.2, 0.25) is 5.02 Å². The first-order chi connectivity index (χ1) is 7.65. The molecule has 1 N–H and O–H groups in total. The highest BCUT2D eigenvalue weighted by Gasteiger charge is 2.31. The van der Waals surface area contributed by atoms with Gasteiger partial charge in [-0.3, -0.25) is 0 Å². The zero-order valence-electron chi connectivity index (χ0n) is 9.29. The van der Waals surface area contributed by atoms with Gasteiger partial charge in [-0.15, -0.1) is 0 Å². The molecule has 0 saturated heterocycles. The molecule has 86 valence electrons. The molecule has 0 aliphatic carbocycles. The second kappa shape index (κ2) is 4.44. The second-order valence-electron chi connectivity index (χ2n) is 4.01. The molecule has 16 heavy (non-hydrogen) atoms. The van der Waals surface area contributed by atoms with Crippen molar-refractivity contribution in [1.82, 2.24) is 5.32 Å². The number of carbonyl (C=O) groups excluding carboxylic acids is 1. The van der Waals surface area contributed by atoms with Crippen LogP contribution < -0.4 is 5.32 Å². The van der Waals surface area contributed by atoms with Crippen LogP contribution in [0.25, 0.3) is 0 Å². The van der Waals surface area contributed by atoms with E-state index in [2.05, 4.69) is 12.2 Å². The van der Waals surface area contributed by atoms with Gasteiger partial charge in [0.25, 0.3) is 0 Å². The normalized spacial score (nSPS) is 23.7. The smallest absolute Gasteiger partial charge is 0.327 e. The zero-order chi connectivity index (χ0) is 11.7. The van der Waals surface area contributed by atoms with Gasteiger partial charge in [0.05, 0.1) is 7.11 Å². The summed E-state index contributed by atoms with van der Waals surface area (Å²) in [7, 11) is 1.40. The van der Waals surface area contributed by atoms with Crippen molar-refractivity contribution in [2.24, 2.45) is 0 Å². The van der Waals surface area contributed by atoms with Gasteiger partial charge in [-0.05, 0) is 23.1 Å². The lowest BCUT2D eigenvalue weighted by atomic mass is 9.87. The van der Waals surface area contributed by atoms with Crippen molar-refractivity contribution in [3.63, 3.8) is 0 Å². The number of carbonyl (C=O) groups is 1. The molecule has 2 unspecified atom stereocenters. The third kappa shape index (κ3) is 1.81. The van der Waals surface area contributed by atoms with E-state index in [4.69, 9.17) is 16.3 Å². The van der Waals surface area contributed by atoms with Gasteiger partial charge in [0.1, 0.15) is 6.04 Å². The molecule has 4 heteroatoms. The average Bonchev–Trinajstić information content (AvgIpc) is 2.28. The topological polar surface area (TPSA) is 38.3 Å². The molecule has 0 aromatic heterocycles. The molecule has 3 nitrogen and oxygen atoms in total. The van der Waals surface area contributed by atoms with Crippen LogP contribution >= 0.6 is 11.6 Å². The molecule has 1 aliphatic rings. The number of nitrogens with one attached hydrogen (secondary N) is 1. The molecule has 2 rings (SSSR count). The number of ether oxygens (including phenoxy) is 1. The van der Waals surface area contributed by atoms with Gasteiger partial charge < -0.3 is 10.1 Å². The van der Waals surface area contributed by atoms with Crippen molar-refractivity contribution in [2.75, 3.05) is 13.7 Å². The van der Waals surface area contributed by atoms with E-state index in [9.17, 15) is 4.79 Å². The standard InChI is InChI=1S/C12H14ClNO2/c1-7-6-14-11(12(15)16-2)8-4-3-5-9(13)10(7)8/h3-5,7,11,14H,6H2,1-2H3. The summed E-state index contributed by atoms with van der Waals surface area (Å²) >= 11 is 6.17. The van der Waals surface area contributed by atoms with Gasteiger partial charge in [-0.25, -0.2) is 4.79 Å². The first kappa shape index (κ1) is 11.4. The van der Waals surface area contributed by atoms with Gasteiger partial charge in [-0.2, -0.15) is 0 Å². The van der Waals surface area contributed by atoms with Crippen LogP contribution in [0.15, 0.2) is 18.2 Å². The van der Waals surface area contributed by atoms with E-state index in [1.54, 1.807) is 0 Å². The van der Waals surface area contributed by atoms with E-state index in [-0.39, 0.29) is 5.97 Å². The summed E-state index contributed by atoms with van der Waals surface area (Å²) in [5, 5.41) is 3.89. The highest BCUT2D eigenvalue weighted by Crippen LogP contribution is 2.35. The number of rotatable bonds is 1. The minimum Gasteiger partial charge on any atom is -0.468 e. The third-order valence-electron chi connectivity index (χ3n) is 2.96. The molecule has 0 bridgehead atoms. The zero-order valence-corrected chi connectivity index (χ0v) is 10.0. The fraction of sp³-hybridized carbons (Fsp3) is 0.417. The van der Waals surface area contributed by atoms with Crippen molar-refractivity contribution in [2.45, 2.75) is 18.9 Å². The second-order valence-corrected chi connectivity index (χ2v) is 4.42. The van der Waals surface area contributed by atoms with Crippen LogP contribution in [-0.2, 0) is 9.53 Å². The first-order valence-corrected chi connectivity index (χ1v) is 5.62. The third-order valence-corrected chi connectivity index (χ3v) is 3.29. The summed E-state index contributed by atoms with van der Waals surface area (Å²) < 4.78 is 4.78. The Morgan fingerprint density at radius 2 is 2.31 bits per heavy atom. The molecular weight excluding hydrogens is 226 g/mol. The molecule has 1 heterocycles. The average molecular weight is 240 g/mol. The fourth-order valence-electron chi connectivity index (χ4n) is 2.16. The van der Waals surface area contributed by atoms with Crippen LogP contribution in [0.4, 0.5) is 0 Å². The predicted molar refractivity (Wildman–Crippen MR) is 62.6 cm³/mol. The molecule has 1 aliphatic heterocycles. The van der Waals surface area contributed by atoms with Crippen molar-refractivity contribution in [3.8, 4) is 0 Å². The summed E-state index contributed by atoms with van der Waals surface area (Å²) in [4.78, 5) is 11.6. The summed E-state index contributed by atoms with van der Waals surface area (Å²) in [5.74, 6) is 0.0417. The van der Waals surface area contributed by atoms with Gasteiger partial charge in [0.2, 0.25) is 0 Å². The molecule has 0 saturated carbocycles. The predicted octanol–water partition coefficient (Wildman–Crippen LogP) is 2.26. The minimum absolute atomic E-state index is 0.268. The Labute approximate surface area is 99.7 Å².